The van der Waals surface area contributed by atoms with E-state index >= 15 is 0 Å². The van der Waals surface area contributed by atoms with Crippen molar-refractivity contribution in [3.63, 3.8) is 0 Å². The van der Waals surface area contributed by atoms with Crippen LogP contribution in [0.4, 0.5) is 0 Å². The molecule has 2 aromatic rings. The van der Waals surface area contributed by atoms with Crippen LogP contribution in [0.3, 0.4) is 0 Å². The molecule has 3 atom stereocenters. The van der Waals surface area contributed by atoms with Crippen LogP contribution in [0.5, 0.6) is 0 Å². The molecule has 2 fully saturated rings. The molecule has 18 heavy (non-hydrogen) atoms. The Labute approximate surface area is 107 Å². The maximum absolute atomic E-state index is 10.6. The number of aliphatic hydroxyl groups is 1. The molecule has 2 nitrogen and oxygen atoms in total. The molecule has 2 aliphatic rings. The Morgan fingerprint density at radius 2 is 1.94 bits per heavy atom. The van der Waals surface area contributed by atoms with Gasteiger partial charge >= 0.3 is 0 Å². The molecule has 3 unspecified atom stereocenters. The van der Waals surface area contributed by atoms with E-state index in [-0.39, 0.29) is 6.10 Å². The lowest BCUT2D eigenvalue weighted by atomic mass is 9.96. The lowest BCUT2D eigenvalue weighted by Crippen LogP contribution is -2.05. The third-order valence-electron chi connectivity index (χ3n) is 4.84. The van der Waals surface area contributed by atoms with Gasteiger partial charge in [0, 0.05) is 11.6 Å². The summed E-state index contributed by atoms with van der Waals surface area (Å²) in [5, 5.41) is 11.7. The summed E-state index contributed by atoms with van der Waals surface area (Å²) < 4.78 is 0. The summed E-state index contributed by atoms with van der Waals surface area (Å²) in [6.07, 6.45) is 5.50. The average molecular weight is 239 g/mol. The van der Waals surface area contributed by atoms with Crippen molar-refractivity contribution in [1.29, 1.82) is 0 Å². The van der Waals surface area contributed by atoms with Crippen LogP contribution in [-0.2, 0) is 0 Å². The van der Waals surface area contributed by atoms with Crippen molar-refractivity contribution in [2.75, 3.05) is 0 Å². The number of rotatable bonds is 2. The second-order valence-electron chi connectivity index (χ2n) is 5.70. The van der Waals surface area contributed by atoms with Gasteiger partial charge in [-0.3, -0.25) is 4.98 Å². The molecule has 0 amide bonds. The minimum absolute atomic E-state index is 0.298. The fraction of sp³-hybridized carbons (Fsp3) is 0.438. The molecule has 0 radical (unpaired) electrons. The van der Waals surface area contributed by atoms with Gasteiger partial charge in [0.25, 0.3) is 0 Å². The first-order valence-corrected chi connectivity index (χ1v) is 6.88. The Hall–Kier alpha value is -1.41. The maximum atomic E-state index is 10.6. The zero-order valence-corrected chi connectivity index (χ0v) is 10.3. The lowest BCUT2D eigenvalue weighted by molar-refractivity contribution is 0.138. The maximum Gasteiger partial charge on any atom is 0.0830 e. The first-order valence-electron chi connectivity index (χ1n) is 6.88. The number of fused-ring (bicyclic) bond motifs is 2. The van der Waals surface area contributed by atoms with Gasteiger partial charge in [-0.15, -0.1) is 0 Å². The van der Waals surface area contributed by atoms with Gasteiger partial charge in [-0.1, -0.05) is 24.6 Å². The van der Waals surface area contributed by atoms with Crippen LogP contribution in [0.15, 0.2) is 36.5 Å². The van der Waals surface area contributed by atoms with Gasteiger partial charge in [-0.2, -0.15) is 0 Å². The van der Waals surface area contributed by atoms with Crippen LogP contribution in [-0.4, -0.2) is 10.1 Å². The van der Waals surface area contributed by atoms with E-state index in [1.807, 2.05) is 24.4 Å². The first-order chi connectivity index (χ1) is 8.86. The van der Waals surface area contributed by atoms with E-state index < -0.39 is 0 Å². The van der Waals surface area contributed by atoms with Gasteiger partial charge in [0.2, 0.25) is 0 Å². The van der Waals surface area contributed by atoms with Gasteiger partial charge < -0.3 is 5.11 Å². The van der Waals surface area contributed by atoms with E-state index in [1.165, 1.54) is 19.3 Å². The van der Waals surface area contributed by atoms with E-state index in [9.17, 15) is 5.11 Å². The largest absolute Gasteiger partial charge is 0.388 e. The zero-order valence-electron chi connectivity index (χ0n) is 10.3. The van der Waals surface area contributed by atoms with Gasteiger partial charge in [-0.05, 0) is 48.3 Å². The van der Waals surface area contributed by atoms with E-state index in [0.29, 0.717) is 5.92 Å². The predicted molar refractivity (Wildman–Crippen MR) is 71.0 cm³/mol. The first kappa shape index (κ1) is 10.5. The summed E-state index contributed by atoms with van der Waals surface area (Å²) in [6.45, 7) is 0. The van der Waals surface area contributed by atoms with Crippen LogP contribution < -0.4 is 0 Å². The Morgan fingerprint density at radius 1 is 1.11 bits per heavy atom. The SMILES string of the molecule is OC(c1cccc2ncccc12)C1C2CCCC21. The zero-order chi connectivity index (χ0) is 12.1. The molecule has 0 aliphatic heterocycles. The quantitative estimate of drug-likeness (QED) is 0.872. The molecule has 1 aromatic heterocycles. The smallest absolute Gasteiger partial charge is 0.0830 e. The van der Waals surface area contributed by atoms with Crippen LogP contribution in [0, 0.1) is 17.8 Å². The van der Waals surface area contributed by atoms with Crippen LogP contribution in [0.1, 0.15) is 30.9 Å². The fourth-order valence-electron chi connectivity index (χ4n) is 3.94. The minimum Gasteiger partial charge on any atom is -0.388 e. The van der Waals surface area contributed by atoms with Crippen molar-refractivity contribution in [3.05, 3.63) is 42.1 Å². The molecule has 1 aromatic carbocycles. The summed E-state index contributed by atoms with van der Waals surface area (Å²) in [5.74, 6) is 2.07. The lowest BCUT2D eigenvalue weighted by Gasteiger charge is -2.15. The molecule has 1 N–H and O–H groups in total. The second kappa shape index (κ2) is 3.79. The highest BCUT2D eigenvalue weighted by Crippen LogP contribution is 2.62. The molecule has 0 bridgehead atoms. The monoisotopic (exact) mass is 239 g/mol. The summed E-state index contributed by atoms with van der Waals surface area (Å²) in [6, 6.07) is 10.1. The molecule has 2 aliphatic carbocycles. The highest BCUT2D eigenvalue weighted by molar-refractivity contribution is 5.82. The molecule has 0 saturated heterocycles. The van der Waals surface area contributed by atoms with Crippen LogP contribution in [0.25, 0.3) is 10.9 Å². The molecule has 4 rings (SSSR count). The number of aliphatic hydroxyl groups excluding tert-OH is 1. The predicted octanol–water partition coefficient (Wildman–Crippen LogP) is 3.31. The second-order valence-corrected chi connectivity index (χ2v) is 5.70. The van der Waals surface area contributed by atoms with Crippen LogP contribution >= 0.6 is 0 Å². The normalized spacial score (nSPS) is 31.3. The third-order valence-corrected chi connectivity index (χ3v) is 4.84. The average Bonchev–Trinajstić information content (AvgIpc) is 2.90. The Balaban J connectivity index is 1.74. The van der Waals surface area contributed by atoms with Crippen molar-refractivity contribution in [2.45, 2.75) is 25.4 Å². The number of aromatic nitrogens is 1. The molecule has 0 spiro atoms. The summed E-state index contributed by atoms with van der Waals surface area (Å²) in [4.78, 5) is 4.37. The number of hydrogen-bond acceptors (Lipinski definition) is 2. The van der Waals surface area contributed by atoms with Crippen molar-refractivity contribution >= 4 is 10.9 Å². The highest BCUT2D eigenvalue weighted by Gasteiger charge is 2.56. The minimum atomic E-state index is -0.298. The summed E-state index contributed by atoms with van der Waals surface area (Å²) in [7, 11) is 0. The van der Waals surface area contributed by atoms with Crippen molar-refractivity contribution in [1.82, 2.24) is 4.98 Å². The molecule has 92 valence electrons. The van der Waals surface area contributed by atoms with Gasteiger partial charge in [0.15, 0.2) is 0 Å². The van der Waals surface area contributed by atoms with Gasteiger partial charge in [0.05, 0.1) is 11.6 Å². The molecule has 1 heterocycles. The number of benzene rings is 1. The standard InChI is InChI=1S/C16H17NO/c18-16(15-11-4-1-5-12(11)15)13-6-2-8-14-10(13)7-3-9-17-14/h2-3,6-9,11-12,15-16,18H,1,4-5H2. The van der Waals surface area contributed by atoms with Crippen molar-refractivity contribution in [2.24, 2.45) is 17.8 Å². The topological polar surface area (TPSA) is 33.1 Å². The summed E-state index contributed by atoms with van der Waals surface area (Å²) in [5.41, 5.74) is 2.06. The number of hydrogen-bond donors (Lipinski definition) is 1. The van der Waals surface area contributed by atoms with Crippen LogP contribution in [0.2, 0.25) is 0 Å². The van der Waals surface area contributed by atoms with Crippen molar-refractivity contribution in [3.8, 4) is 0 Å². The van der Waals surface area contributed by atoms with E-state index in [0.717, 1.165) is 28.3 Å². The fourth-order valence-corrected chi connectivity index (χ4v) is 3.94. The van der Waals surface area contributed by atoms with E-state index in [2.05, 4.69) is 17.1 Å². The Kier molecular flexibility index (Phi) is 2.21. The molecular weight excluding hydrogens is 222 g/mol. The Bertz CT molecular complexity index is 579. The number of nitrogens with zero attached hydrogens (tertiary/aromatic N) is 1. The van der Waals surface area contributed by atoms with E-state index in [4.69, 9.17) is 0 Å². The summed E-state index contributed by atoms with van der Waals surface area (Å²) >= 11 is 0. The number of pyridine rings is 1. The Morgan fingerprint density at radius 3 is 2.78 bits per heavy atom. The van der Waals surface area contributed by atoms with Crippen molar-refractivity contribution < 1.29 is 5.11 Å². The molecular formula is C16H17NO. The van der Waals surface area contributed by atoms with E-state index in [1.54, 1.807) is 0 Å². The van der Waals surface area contributed by atoms with Gasteiger partial charge in [-0.25, -0.2) is 0 Å². The third kappa shape index (κ3) is 1.42. The molecule has 2 heteroatoms. The highest BCUT2D eigenvalue weighted by atomic mass is 16.3. The van der Waals surface area contributed by atoms with Gasteiger partial charge in [0.1, 0.15) is 0 Å². The molecule has 2 saturated carbocycles.